The lowest BCUT2D eigenvalue weighted by Crippen LogP contribution is -2.11. The van der Waals surface area contributed by atoms with Crippen LogP contribution in [0.3, 0.4) is 0 Å². The second-order valence-corrected chi connectivity index (χ2v) is 11.0. The second kappa shape index (κ2) is 13.7. The minimum Gasteiger partial charge on any atom is -0.310 e. The number of para-hydroxylation sites is 1. The van der Waals surface area contributed by atoms with E-state index in [1.165, 1.54) is 0 Å². The van der Waals surface area contributed by atoms with Crippen molar-refractivity contribution >= 4 is 17.1 Å². The Morgan fingerprint density at radius 3 is 1.10 bits per heavy atom. The number of benzene rings is 8. The van der Waals surface area contributed by atoms with Gasteiger partial charge >= 0.3 is 0 Å². The third-order valence-electron chi connectivity index (χ3n) is 8.18. The Kier molecular flexibility index (Phi) is 4.94. The SMILES string of the molecule is [2H]c1c([2H])c([2H])c(-c2ccc(N(c3ccc(-c4c([2H])c([2H])c([2H])c([2H])c4[2H])cc3)c3ccccc3-c3ccccc3-c3ccccc3-c3c([2H])c([2H])c([2H])c([2H])c3[2H])cc2)c([2H])c1[2H]. The fourth-order valence-electron chi connectivity index (χ4n) is 5.94. The molecule has 8 aromatic carbocycles. The fraction of sp³-hybridized carbons (Fsp3) is 0. The first-order chi connectivity index (χ1) is 30.5. The standard InChI is InChI=1S/C48H35N/c1-4-16-36(17-5-1)38-28-32-41(33-29-38)49(42-34-30-39(31-35-42)37-18-6-2-7-19-37)48-27-15-14-26-47(48)46-25-13-12-24-45(46)44-23-11-10-22-43(44)40-20-8-3-9-21-40/h1-35H/i1D,2D,3D,4D,5D,6D,7D,8D,9D,16D,17D,18D,19D,20D,21D. The molecule has 0 radical (unpaired) electrons. The molecular formula is C48H35N. The molecule has 0 amide bonds. The molecular weight excluding hydrogens is 591 g/mol. The summed E-state index contributed by atoms with van der Waals surface area (Å²) in [6.07, 6.45) is 0. The quantitative estimate of drug-likeness (QED) is 0.160. The van der Waals surface area contributed by atoms with Crippen LogP contribution < -0.4 is 4.90 Å². The molecule has 0 saturated carbocycles. The van der Waals surface area contributed by atoms with Crippen molar-refractivity contribution in [1.82, 2.24) is 0 Å². The van der Waals surface area contributed by atoms with Crippen LogP contribution in [0.15, 0.2) is 212 Å². The number of hydrogen-bond donors (Lipinski definition) is 0. The van der Waals surface area contributed by atoms with Gasteiger partial charge in [-0.05, 0) is 80.4 Å². The molecule has 0 atom stereocenters. The van der Waals surface area contributed by atoms with E-state index in [-0.39, 0.29) is 52.9 Å². The van der Waals surface area contributed by atoms with E-state index >= 15 is 0 Å². The lowest BCUT2D eigenvalue weighted by molar-refractivity contribution is 1.28. The molecule has 232 valence electrons. The highest BCUT2D eigenvalue weighted by molar-refractivity contribution is 5.97. The van der Waals surface area contributed by atoms with E-state index < -0.39 is 54.4 Å². The average molecular weight is 641 g/mol. The van der Waals surface area contributed by atoms with E-state index in [0.717, 1.165) is 11.1 Å². The predicted octanol–water partition coefficient (Wildman–Crippen LogP) is 13.5. The molecule has 1 nitrogen and oxygen atoms in total. The first-order valence-corrected chi connectivity index (χ1v) is 15.5. The molecule has 0 aliphatic heterocycles. The maximum Gasteiger partial charge on any atom is 0.0629 e. The zero-order valence-corrected chi connectivity index (χ0v) is 26.0. The summed E-state index contributed by atoms with van der Waals surface area (Å²) >= 11 is 0. The average Bonchev–Trinajstić information content (AvgIpc) is 3.31. The Bertz CT molecular complexity index is 2970. The zero-order valence-electron chi connectivity index (χ0n) is 41.0. The van der Waals surface area contributed by atoms with Gasteiger partial charge in [0.25, 0.3) is 0 Å². The predicted molar refractivity (Wildman–Crippen MR) is 208 cm³/mol. The Balaban J connectivity index is 1.34. The number of nitrogens with zero attached hydrogens (tertiary/aromatic N) is 1. The molecule has 0 heterocycles. The molecule has 1 heteroatoms. The molecule has 0 fully saturated rings. The Labute approximate surface area is 310 Å². The monoisotopic (exact) mass is 640 g/mol. The van der Waals surface area contributed by atoms with Crippen LogP contribution in [0, 0.1) is 0 Å². The Hall–Kier alpha value is -6.44. The summed E-state index contributed by atoms with van der Waals surface area (Å²) in [5, 5.41) is 0. The van der Waals surface area contributed by atoms with Crippen LogP contribution in [0.2, 0.25) is 0 Å². The normalized spacial score (nSPS) is 15.1. The largest absolute Gasteiger partial charge is 0.310 e. The summed E-state index contributed by atoms with van der Waals surface area (Å²) in [6.45, 7) is 0. The minimum absolute atomic E-state index is 0.0409. The summed E-state index contributed by atoms with van der Waals surface area (Å²) < 4.78 is 126. The van der Waals surface area contributed by atoms with Crippen LogP contribution in [0.25, 0.3) is 55.6 Å². The molecule has 0 N–H and O–H groups in total. The Morgan fingerprint density at radius 1 is 0.286 bits per heavy atom. The van der Waals surface area contributed by atoms with Crippen molar-refractivity contribution in [2.24, 2.45) is 0 Å². The van der Waals surface area contributed by atoms with Gasteiger partial charge in [0.1, 0.15) is 0 Å². The van der Waals surface area contributed by atoms with E-state index in [4.69, 9.17) is 20.6 Å². The minimum atomic E-state index is -0.499. The van der Waals surface area contributed by atoms with Crippen LogP contribution in [0.4, 0.5) is 17.1 Å². The van der Waals surface area contributed by atoms with Gasteiger partial charge in [0.2, 0.25) is 0 Å². The van der Waals surface area contributed by atoms with Crippen LogP contribution in [-0.4, -0.2) is 0 Å². The van der Waals surface area contributed by atoms with Gasteiger partial charge < -0.3 is 4.90 Å². The molecule has 8 aromatic rings. The zero-order chi connectivity index (χ0) is 45.9. The molecule has 0 unspecified atom stereocenters. The third kappa shape index (κ3) is 6.18. The molecule has 0 aliphatic carbocycles. The lowest BCUT2D eigenvalue weighted by Gasteiger charge is -2.29. The maximum absolute atomic E-state index is 8.80. The molecule has 0 spiro atoms. The van der Waals surface area contributed by atoms with Gasteiger partial charge in [0.15, 0.2) is 0 Å². The first-order valence-electron chi connectivity index (χ1n) is 23.0. The lowest BCUT2D eigenvalue weighted by atomic mass is 9.88. The van der Waals surface area contributed by atoms with Crippen molar-refractivity contribution in [2.75, 3.05) is 4.90 Å². The van der Waals surface area contributed by atoms with Gasteiger partial charge in [0, 0.05) is 16.9 Å². The van der Waals surface area contributed by atoms with E-state index in [9.17, 15) is 0 Å². The van der Waals surface area contributed by atoms with Crippen molar-refractivity contribution in [2.45, 2.75) is 0 Å². The van der Waals surface area contributed by atoms with Crippen LogP contribution in [0.5, 0.6) is 0 Å². The fourth-order valence-corrected chi connectivity index (χ4v) is 5.94. The summed E-state index contributed by atoms with van der Waals surface area (Å²) in [6, 6.07) is 29.7. The van der Waals surface area contributed by atoms with Crippen LogP contribution >= 0.6 is 0 Å². The van der Waals surface area contributed by atoms with Gasteiger partial charge in [-0.2, -0.15) is 0 Å². The number of hydrogen-bond acceptors (Lipinski definition) is 1. The number of rotatable bonds is 8. The van der Waals surface area contributed by atoms with Crippen molar-refractivity contribution < 1.29 is 20.6 Å². The van der Waals surface area contributed by atoms with Gasteiger partial charge in [-0.15, -0.1) is 0 Å². The molecule has 0 aliphatic rings. The smallest absolute Gasteiger partial charge is 0.0629 e. The summed E-state index contributed by atoms with van der Waals surface area (Å²) in [5.41, 5.74) is 5.96. The molecule has 0 aromatic heterocycles. The highest BCUT2D eigenvalue weighted by atomic mass is 15.1. The van der Waals surface area contributed by atoms with Crippen molar-refractivity contribution in [3.8, 4) is 55.6 Å². The highest BCUT2D eigenvalue weighted by Gasteiger charge is 2.20. The van der Waals surface area contributed by atoms with Gasteiger partial charge in [-0.3, -0.25) is 0 Å². The highest BCUT2D eigenvalue weighted by Crippen LogP contribution is 2.45. The van der Waals surface area contributed by atoms with Gasteiger partial charge in [-0.1, -0.05) is 182 Å². The van der Waals surface area contributed by atoms with E-state index in [0.29, 0.717) is 44.9 Å². The van der Waals surface area contributed by atoms with Gasteiger partial charge in [0.05, 0.1) is 26.2 Å². The molecule has 0 bridgehead atoms. The van der Waals surface area contributed by atoms with Crippen LogP contribution in [-0.2, 0) is 0 Å². The van der Waals surface area contributed by atoms with E-state index in [1.54, 1.807) is 60.7 Å². The first kappa shape index (κ1) is 17.6. The van der Waals surface area contributed by atoms with Crippen molar-refractivity contribution in [3.63, 3.8) is 0 Å². The summed E-state index contributed by atoms with van der Waals surface area (Å²) in [7, 11) is 0. The third-order valence-corrected chi connectivity index (χ3v) is 8.18. The summed E-state index contributed by atoms with van der Waals surface area (Å²) in [4.78, 5) is 1.94. The second-order valence-electron chi connectivity index (χ2n) is 11.0. The molecule has 49 heavy (non-hydrogen) atoms. The van der Waals surface area contributed by atoms with Gasteiger partial charge in [-0.25, -0.2) is 0 Å². The van der Waals surface area contributed by atoms with E-state index in [1.807, 2.05) is 65.6 Å². The van der Waals surface area contributed by atoms with Crippen molar-refractivity contribution in [1.29, 1.82) is 0 Å². The van der Waals surface area contributed by atoms with E-state index in [2.05, 4.69) is 0 Å². The van der Waals surface area contributed by atoms with Crippen LogP contribution in [0.1, 0.15) is 20.6 Å². The molecule has 0 saturated heterocycles. The number of anilines is 3. The molecule has 8 rings (SSSR count). The Morgan fingerprint density at radius 2 is 0.633 bits per heavy atom. The van der Waals surface area contributed by atoms with Crippen molar-refractivity contribution in [3.05, 3.63) is 212 Å². The summed E-state index contributed by atoms with van der Waals surface area (Å²) in [5.74, 6) is 0. The maximum atomic E-state index is 8.80. The topological polar surface area (TPSA) is 3.24 Å².